The van der Waals surface area contributed by atoms with Crippen molar-refractivity contribution in [2.75, 3.05) is 6.61 Å². The monoisotopic (exact) mass is 192 g/mol. The van der Waals surface area contributed by atoms with Crippen LogP contribution in [0.5, 0.6) is 0 Å². The van der Waals surface area contributed by atoms with Crippen LogP contribution in [-0.2, 0) is 4.74 Å². The second-order valence-electron chi connectivity index (χ2n) is 3.78. The number of aliphatic hydroxyl groups is 1. The number of rotatable bonds is 4. The highest BCUT2D eigenvalue weighted by Crippen LogP contribution is 2.33. The Bertz CT molecular complexity index is 280. The number of aliphatic hydroxyl groups excluding tert-OH is 1. The van der Waals surface area contributed by atoms with Crippen LogP contribution < -0.4 is 0 Å². The van der Waals surface area contributed by atoms with Gasteiger partial charge in [0.2, 0.25) is 0 Å². The first-order chi connectivity index (χ1) is 6.83. The molecule has 0 aliphatic carbocycles. The summed E-state index contributed by atoms with van der Waals surface area (Å²) in [5, 5.41) is 9.90. The largest absolute Gasteiger partial charge is 0.392 e. The van der Waals surface area contributed by atoms with Gasteiger partial charge in [0, 0.05) is 5.92 Å². The summed E-state index contributed by atoms with van der Waals surface area (Å²) in [5.74, 6) is 0.154. The minimum absolute atomic E-state index is 0.154. The summed E-state index contributed by atoms with van der Waals surface area (Å²) in [6, 6.07) is 10.1. The van der Waals surface area contributed by atoms with Crippen LogP contribution in [0.3, 0.4) is 0 Å². The van der Waals surface area contributed by atoms with Crippen LogP contribution in [-0.4, -0.2) is 23.9 Å². The lowest BCUT2D eigenvalue weighted by Gasteiger charge is -2.20. The highest BCUT2D eigenvalue weighted by atomic mass is 16.6. The summed E-state index contributed by atoms with van der Waals surface area (Å²) in [6.45, 7) is 2.79. The van der Waals surface area contributed by atoms with Crippen molar-refractivity contribution in [3.63, 3.8) is 0 Å². The van der Waals surface area contributed by atoms with Crippen LogP contribution in [0.2, 0.25) is 0 Å². The summed E-state index contributed by atoms with van der Waals surface area (Å²) < 4.78 is 5.29. The molecule has 1 aromatic rings. The van der Waals surface area contributed by atoms with Crippen molar-refractivity contribution in [3.05, 3.63) is 35.9 Å². The van der Waals surface area contributed by atoms with Crippen molar-refractivity contribution in [3.8, 4) is 0 Å². The summed E-state index contributed by atoms with van der Waals surface area (Å²) in [4.78, 5) is 0. The fourth-order valence-electron chi connectivity index (χ4n) is 1.88. The van der Waals surface area contributed by atoms with Gasteiger partial charge >= 0.3 is 0 Å². The van der Waals surface area contributed by atoms with Gasteiger partial charge in [0.1, 0.15) is 0 Å². The Hall–Kier alpha value is -0.860. The van der Waals surface area contributed by atoms with Crippen molar-refractivity contribution in [2.24, 2.45) is 0 Å². The van der Waals surface area contributed by atoms with Crippen LogP contribution in [0.4, 0.5) is 0 Å². The minimum Gasteiger partial charge on any atom is -0.392 e. The van der Waals surface area contributed by atoms with E-state index in [9.17, 15) is 5.11 Å². The summed E-state index contributed by atoms with van der Waals surface area (Å²) in [6.07, 6.45) is 0.719. The van der Waals surface area contributed by atoms with Gasteiger partial charge < -0.3 is 9.84 Å². The van der Waals surface area contributed by atoms with Gasteiger partial charge in [-0.05, 0) is 12.0 Å². The van der Waals surface area contributed by atoms with Crippen molar-refractivity contribution in [1.82, 2.24) is 0 Å². The fraction of sp³-hybridized carbons (Fsp3) is 0.500. The summed E-state index contributed by atoms with van der Waals surface area (Å²) >= 11 is 0. The maximum Gasteiger partial charge on any atom is 0.0903 e. The van der Waals surface area contributed by atoms with E-state index in [0.717, 1.165) is 13.0 Å². The predicted octanol–water partition coefficient (Wildman–Crippen LogP) is 1.94. The molecule has 1 aliphatic heterocycles. The molecular formula is C12H16O2. The summed E-state index contributed by atoms with van der Waals surface area (Å²) in [5.41, 5.74) is 1.18. The Balaban J connectivity index is 2.18. The third-order valence-corrected chi connectivity index (χ3v) is 2.78. The SMILES string of the molecule is CCC(O)C(c1ccccc1)C1CO1. The Labute approximate surface area is 84.5 Å². The maximum atomic E-state index is 9.90. The van der Waals surface area contributed by atoms with E-state index in [4.69, 9.17) is 4.74 Å². The molecule has 1 aliphatic rings. The average molecular weight is 192 g/mol. The van der Waals surface area contributed by atoms with E-state index in [1.807, 2.05) is 25.1 Å². The van der Waals surface area contributed by atoms with Crippen LogP contribution >= 0.6 is 0 Å². The molecule has 1 saturated heterocycles. The molecule has 0 spiro atoms. The Kier molecular flexibility index (Phi) is 2.85. The van der Waals surface area contributed by atoms with E-state index in [1.165, 1.54) is 5.56 Å². The van der Waals surface area contributed by atoms with Gasteiger partial charge in [-0.15, -0.1) is 0 Å². The molecule has 0 saturated carbocycles. The molecule has 1 aromatic carbocycles. The Morgan fingerprint density at radius 1 is 1.43 bits per heavy atom. The smallest absolute Gasteiger partial charge is 0.0903 e. The van der Waals surface area contributed by atoms with Crippen molar-refractivity contribution in [1.29, 1.82) is 0 Å². The van der Waals surface area contributed by atoms with Crippen LogP contribution in [0, 0.1) is 0 Å². The molecule has 14 heavy (non-hydrogen) atoms. The first-order valence-electron chi connectivity index (χ1n) is 5.17. The molecule has 3 atom stereocenters. The van der Waals surface area contributed by atoms with Gasteiger partial charge in [-0.3, -0.25) is 0 Å². The molecule has 0 bridgehead atoms. The number of hydrogen-bond donors (Lipinski definition) is 1. The average Bonchev–Trinajstić information content (AvgIpc) is 3.04. The molecule has 76 valence electrons. The van der Waals surface area contributed by atoms with Crippen LogP contribution in [0.25, 0.3) is 0 Å². The zero-order valence-electron chi connectivity index (χ0n) is 8.39. The number of ether oxygens (including phenoxy) is 1. The first kappa shape index (κ1) is 9.69. The highest BCUT2D eigenvalue weighted by Gasteiger charge is 2.37. The lowest BCUT2D eigenvalue weighted by Crippen LogP contribution is -2.22. The normalized spacial score (nSPS) is 24.3. The molecule has 2 rings (SSSR count). The third-order valence-electron chi connectivity index (χ3n) is 2.78. The van der Waals surface area contributed by atoms with Crippen molar-refractivity contribution >= 4 is 0 Å². The third kappa shape index (κ3) is 1.97. The van der Waals surface area contributed by atoms with Gasteiger partial charge in [0.05, 0.1) is 18.8 Å². The second kappa shape index (κ2) is 4.11. The minimum atomic E-state index is -0.287. The lowest BCUT2D eigenvalue weighted by atomic mass is 9.89. The van der Waals surface area contributed by atoms with Crippen molar-refractivity contribution in [2.45, 2.75) is 31.5 Å². The Morgan fingerprint density at radius 3 is 2.57 bits per heavy atom. The van der Waals surface area contributed by atoms with Gasteiger partial charge in [0.25, 0.3) is 0 Å². The quantitative estimate of drug-likeness (QED) is 0.739. The maximum absolute atomic E-state index is 9.90. The number of benzene rings is 1. The topological polar surface area (TPSA) is 32.8 Å². The lowest BCUT2D eigenvalue weighted by molar-refractivity contribution is 0.123. The predicted molar refractivity (Wildman–Crippen MR) is 55.2 cm³/mol. The highest BCUT2D eigenvalue weighted by molar-refractivity contribution is 5.23. The fourth-order valence-corrected chi connectivity index (χ4v) is 1.88. The molecule has 2 heteroatoms. The van der Waals surface area contributed by atoms with E-state index in [0.29, 0.717) is 0 Å². The zero-order valence-corrected chi connectivity index (χ0v) is 8.39. The van der Waals surface area contributed by atoms with E-state index >= 15 is 0 Å². The van der Waals surface area contributed by atoms with Gasteiger partial charge in [-0.25, -0.2) is 0 Å². The Morgan fingerprint density at radius 2 is 2.07 bits per heavy atom. The van der Waals surface area contributed by atoms with Gasteiger partial charge in [-0.1, -0.05) is 37.3 Å². The van der Waals surface area contributed by atoms with E-state index in [2.05, 4.69) is 12.1 Å². The molecule has 3 unspecified atom stereocenters. The van der Waals surface area contributed by atoms with Gasteiger partial charge in [0.15, 0.2) is 0 Å². The molecule has 1 heterocycles. The molecule has 1 fully saturated rings. The van der Waals surface area contributed by atoms with Crippen molar-refractivity contribution < 1.29 is 9.84 Å². The molecule has 2 nitrogen and oxygen atoms in total. The van der Waals surface area contributed by atoms with Gasteiger partial charge in [-0.2, -0.15) is 0 Å². The van der Waals surface area contributed by atoms with E-state index in [1.54, 1.807) is 0 Å². The molecule has 0 radical (unpaired) electrons. The van der Waals surface area contributed by atoms with Crippen LogP contribution in [0.15, 0.2) is 30.3 Å². The van der Waals surface area contributed by atoms with Crippen LogP contribution in [0.1, 0.15) is 24.8 Å². The van der Waals surface area contributed by atoms with E-state index < -0.39 is 0 Å². The second-order valence-corrected chi connectivity index (χ2v) is 3.78. The number of hydrogen-bond acceptors (Lipinski definition) is 2. The standard InChI is InChI=1S/C12H16O2/c1-2-10(13)12(11-8-14-11)9-6-4-3-5-7-9/h3-7,10-13H,2,8H2,1H3. The number of epoxide rings is 1. The molecule has 0 amide bonds. The van der Waals surface area contributed by atoms with E-state index in [-0.39, 0.29) is 18.1 Å². The zero-order chi connectivity index (χ0) is 9.97. The summed E-state index contributed by atoms with van der Waals surface area (Å²) in [7, 11) is 0. The molecule has 1 N–H and O–H groups in total. The first-order valence-corrected chi connectivity index (χ1v) is 5.17. The molecular weight excluding hydrogens is 176 g/mol. The molecule has 0 aromatic heterocycles.